The van der Waals surface area contributed by atoms with Crippen LogP contribution in [0.2, 0.25) is 0 Å². The fourth-order valence-corrected chi connectivity index (χ4v) is 1.06. The van der Waals surface area contributed by atoms with Crippen molar-refractivity contribution in [2.75, 3.05) is 12.3 Å². The number of aliphatic imine (C=N–C) groups is 2. The fourth-order valence-electron chi connectivity index (χ4n) is 0.491. The Hall–Kier alpha value is -0.310. The van der Waals surface area contributed by atoms with E-state index in [1.54, 1.807) is 11.8 Å². The third-order valence-electron chi connectivity index (χ3n) is 0.783. The van der Waals surface area contributed by atoms with Crippen LogP contribution in [0.1, 0.15) is 6.92 Å². The van der Waals surface area contributed by atoms with Crippen LogP contribution in [0, 0.1) is 0 Å². The predicted molar refractivity (Wildman–Crippen MR) is 38.9 cm³/mol. The molecule has 3 heteroatoms. The van der Waals surface area contributed by atoms with Gasteiger partial charge < -0.3 is 0 Å². The molecule has 2 nitrogen and oxygen atoms in total. The van der Waals surface area contributed by atoms with Gasteiger partial charge in [-0.2, -0.15) is 0 Å². The molecular weight excluding hydrogens is 120 g/mol. The van der Waals surface area contributed by atoms with Crippen molar-refractivity contribution in [1.82, 2.24) is 0 Å². The molecule has 0 bridgehead atoms. The maximum atomic E-state index is 4.08. The van der Waals surface area contributed by atoms with Crippen molar-refractivity contribution in [3.63, 3.8) is 0 Å². The largest absolute Gasteiger partial charge is 0.255 e. The van der Waals surface area contributed by atoms with Gasteiger partial charge >= 0.3 is 0 Å². The summed E-state index contributed by atoms with van der Waals surface area (Å²) < 4.78 is 0. The molecule has 1 heterocycles. The fraction of sp³-hybridized carbons (Fsp3) is 0.600. The van der Waals surface area contributed by atoms with Gasteiger partial charge in [0.1, 0.15) is 0 Å². The molecule has 0 amide bonds. The molecule has 0 aromatic rings. The van der Waals surface area contributed by atoms with Gasteiger partial charge in [-0.15, -0.1) is 0 Å². The lowest BCUT2D eigenvalue weighted by Gasteiger charge is -1.87. The second kappa shape index (κ2) is 2.87. The Morgan fingerprint density at radius 1 is 1.88 bits per heavy atom. The Morgan fingerprint density at radius 2 is 2.75 bits per heavy atom. The summed E-state index contributed by atoms with van der Waals surface area (Å²) in [6, 6.07) is 0. The minimum atomic E-state index is 0.780. The minimum absolute atomic E-state index is 0.780. The van der Waals surface area contributed by atoms with Crippen molar-refractivity contribution >= 4 is 23.1 Å². The van der Waals surface area contributed by atoms with Gasteiger partial charge in [0, 0.05) is 6.21 Å². The molecule has 0 spiro atoms. The number of amidine groups is 1. The minimum Gasteiger partial charge on any atom is -0.255 e. The Balaban J connectivity index is 2.34. The Morgan fingerprint density at radius 3 is 3.25 bits per heavy atom. The lowest BCUT2D eigenvalue weighted by molar-refractivity contribution is 1.37. The van der Waals surface area contributed by atoms with Crippen LogP contribution in [0.3, 0.4) is 0 Å². The normalized spacial score (nSPS) is 16.9. The maximum absolute atomic E-state index is 4.08. The molecule has 1 aliphatic rings. The van der Waals surface area contributed by atoms with E-state index in [2.05, 4.69) is 16.9 Å². The quantitative estimate of drug-likeness (QED) is 0.520. The first-order valence-corrected chi connectivity index (χ1v) is 3.62. The summed E-state index contributed by atoms with van der Waals surface area (Å²) in [6.07, 6.45) is 1.83. The molecule has 0 saturated carbocycles. The highest BCUT2D eigenvalue weighted by Gasteiger charge is 1.97. The molecule has 0 aliphatic carbocycles. The third-order valence-corrected chi connectivity index (χ3v) is 1.56. The number of rotatable bonds is 1. The van der Waals surface area contributed by atoms with E-state index in [-0.39, 0.29) is 0 Å². The zero-order chi connectivity index (χ0) is 5.82. The summed E-state index contributed by atoms with van der Waals surface area (Å²) >= 11 is 1.69. The average molecular weight is 128 g/mol. The molecule has 0 aromatic carbocycles. The van der Waals surface area contributed by atoms with E-state index < -0.39 is 0 Å². The molecule has 0 aromatic heterocycles. The number of hydrogen-bond acceptors (Lipinski definition) is 3. The van der Waals surface area contributed by atoms with Crippen molar-refractivity contribution in [3.8, 4) is 0 Å². The van der Waals surface area contributed by atoms with E-state index in [4.69, 9.17) is 0 Å². The van der Waals surface area contributed by atoms with Crippen LogP contribution in [0.5, 0.6) is 0 Å². The zero-order valence-corrected chi connectivity index (χ0v) is 5.61. The number of thioether (sulfide) groups is 1. The van der Waals surface area contributed by atoms with E-state index in [0.29, 0.717) is 0 Å². The standard InChI is InChI=1S/C5H8N2S/c1-2-8-5-6-3-4-7-5/h3H,2,4H2,1H3. The Labute approximate surface area is 53.1 Å². The van der Waals surface area contributed by atoms with E-state index in [0.717, 1.165) is 17.5 Å². The molecule has 0 unspecified atom stereocenters. The highest BCUT2D eigenvalue weighted by Crippen LogP contribution is 2.06. The molecule has 44 valence electrons. The molecule has 0 fully saturated rings. The van der Waals surface area contributed by atoms with E-state index in [9.17, 15) is 0 Å². The van der Waals surface area contributed by atoms with Gasteiger partial charge in [-0.1, -0.05) is 18.7 Å². The lowest BCUT2D eigenvalue weighted by atomic mass is 10.8. The summed E-state index contributed by atoms with van der Waals surface area (Å²) in [6.45, 7) is 2.88. The molecule has 0 N–H and O–H groups in total. The Kier molecular flexibility index (Phi) is 2.09. The van der Waals surface area contributed by atoms with Gasteiger partial charge in [0.05, 0.1) is 6.54 Å². The zero-order valence-electron chi connectivity index (χ0n) is 4.79. The van der Waals surface area contributed by atoms with E-state index in [1.165, 1.54) is 0 Å². The molecule has 0 saturated heterocycles. The van der Waals surface area contributed by atoms with Crippen LogP contribution in [0.4, 0.5) is 0 Å². The monoisotopic (exact) mass is 128 g/mol. The molecule has 0 atom stereocenters. The van der Waals surface area contributed by atoms with Crippen molar-refractivity contribution in [3.05, 3.63) is 0 Å². The van der Waals surface area contributed by atoms with Crippen LogP contribution >= 0.6 is 11.8 Å². The maximum Gasteiger partial charge on any atom is 0.182 e. The second-order valence-corrected chi connectivity index (χ2v) is 2.60. The van der Waals surface area contributed by atoms with Gasteiger partial charge in [-0.3, -0.25) is 4.99 Å². The van der Waals surface area contributed by atoms with Crippen LogP contribution in [0.25, 0.3) is 0 Å². The summed E-state index contributed by atoms with van der Waals surface area (Å²) in [5.41, 5.74) is 0. The van der Waals surface area contributed by atoms with Crippen LogP contribution < -0.4 is 0 Å². The number of nitrogens with zero attached hydrogens (tertiary/aromatic N) is 2. The molecular formula is C5H8N2S. The Bertz CT molecular complexity index is 128. The first-order valence-electron chi connectivity index (χ1n) is 2.63. The van der Waals surface area contributed by atoms with Crippen molar-refractivity contribution in [2.45, 2.75) is 6.92 Å². The van der Waals surface area contributed by atoms with Crippen molar-refractivity contribution in [2.24, 2.45) is 9.98 Å². The predicted octanol–water partition coefficient (Wildman–Crippen LogP) is 1.18. The van der Waals surface area contributed by atoms with Gasteiger partial charge in [-0.25, -0.2) is 4.99 Å². The summed E-state index contributed by atoms with van der Waals surface area (Å²) in [5, 5.41) is 0.938. The van der Waals surface area contributed by atoms with Gasteiger partial charge in [-0.05, 0) is 5.75 Å². The second-order valence-electron chi connectivity index (χ2n) is 1.37. The van der Waals surface area contributed by atoms with Gasteiger partial charge in [0.2, 0.25) is 0 Å². The molecule has 1 aliphatic heterocycles. The first kappa shape index (κ1) is 5.82. The first-order chi connectivity index (χ1) is 3.93. The summed E-state index contributed by atoms with van der Waals surface area (Å²) in [5.74, 6) is 1.07. The topological polar surface area (TPSA) is 24.7 Å². The summed E-state index contributed by atoms with van der Waals surface area (Å²) in [4.78, 5) is 8.10. The van der Waals surface area contributed by atoms with E-state index >= 15 is 0 Å². The summed E-state index contributed by atoms with van der Waals surface area (Å²) in [7, 11) is 0. The van der Waals surface area contributed by atoms with Crippen molar-refractivity contribution < 1.29 is 0 Å². The van der Waals surface area contributed by atoms with Gasteiger partial charge in [0.15, 0.2) is 5.17 Å². The molecule has 1 rings (SSSR count). The SMILES string of the molecule is CCSC1=NCC=N1. The van der Waals surface area contributed by atoms with E-state index in [1.807, 2.05) is 6.21 Å². The highest BCUT2D eigenvalue weighted by atomic mass is 32.2. The van der Waals surface area contributed by atoms with Gasteiger partial charge in [0.25, 0.3) is 0 Å². The highest BCUT2D eigenvalue weighted by molar-refractivity contribution is 8.13. The van der Waals surface area contributed by atoms with Crippen molar-refractivity contribution in [1.29, 1.82) is 0 Å². The average Bonchev–Trinajstić information content (AvgIpc) is 2.19. The van der Waals surface area contributed by atoms with Crippen LogP contribution in [-0.4, -0.2) is 23.7 Å². The number of hydrogen-bond donors (Lipinski definition) is 0. The van der Waals surface area contributed by atoms with Crippen LogP contribution in [0.15, 0.2) is 9.98 Å². The lowest BCUT2D eigenvalue weighted by Crippen LogP contribution is -1.80. The smallest absolute Gasteiger partial charge is 0.182 e. The molecule has 8 heavy (non-hydrogen) atoms. The van der Waals surface area contributed by atoms with Crippen LogP contribution in [-0.2, 0) is 0 Å². The third kappa shape index (κ3) is 1.33. The molecule has 0 radical (unpaired) electrons.